The SMILES string of the molecule is CN1CCN(c2ccc(CN(C)C(=O)C3=Cc4cc(F)ccc4OC3)cc2)CC1. The number of fused-ring (bicyclic) bond motifs is 1. The van der Waals surface area contributed by atoms with Gasteiger partial charge in [-0.2, -0.15) is 0 Å². The van der Waals surface area contributed by atoms with E-state index in [-0.39, 0.29) is 18.3 Å². The number of hydrogen-bond acceptors (Lipinski definition) is 4. The van der Waals surface area contributed by atoms with Gasteiger partial charge in [0.2, 0.25) is 0 Å². The molecular formula is C23H26FN3O2. The smallest absolute Gasteiger partial charge is 0.253 e. The van der Waals surface area contributed by atoms with Crippen molar-refractivity contribution in [2.45, 2.75) is 6.54 Å². The molecule has 2 heterocycles. The molecule has 2 aliphatic heterocycles. The van der Waals surface area contributed by atoms with E-state index < -0.39 is 0 Å². The number of rotatable bonds is 4. The molecular weight excluding hydrogens is 369 g/mol. The summed E-state index contributed by atoms with van der Waals surface area (Å²) in [6.07, 6.45) is 1.72. The van der Waals surface area contributed by atoms with Crippen LogP contribution in [0.5, 0.6) is 5.75 Å². The number of ether oxygens (including phenoxy) is 1. The summed E-state index contributed by atoms with van der Waals surface area (Å²) in [5, 5.41) is 0. The Bertz CT molecular complexity index is 918. The molecule has 0 atom stereocenters. The number of benzene rings is 2. The average Bonchev–Trinajstić information content (AvgIpc) is 2.74. The Morgan fingerprint density at radius 1 is 1.10 bits per heavy atom. The molecule has 0 spiro atoms. The van der Waals surface area contributed by atoms with E-state index in [9.17, 15) is 9.18 Å². The Morgan fingerprint density at radius 2 is 1.83 bits per heavy atom. The second kappa shape index (κ2) is 8.25. The summed E-state index contributed by atoms with van der Waals surface area (Å²) in [7, 11) is 3.92. The largest absolute Gasteiger partial charge is 0.488 e. The molecule has 2 aliphatic rings. The minimum Gasteiger partial charge on any atom is -0.488 e. The van der Waals surface area contributed by atoms with E-state index in [4.69, 9.17) is 4.74 Å². The first-order valence-corrected chi connectivity index (χ1v) is 9.90. The summed E-state index contributed by atoms with van der Waals surface area (Å²) in [4.78, 5) is 19.2. The quantitative estimate of drug-likeness (QED) is 0.797. The second-order valence-corrected chi connectivity index (χ2v) is 7.76. The first-order valence-electron chi connectivity index (χ1n) is 9.90. The third-order valence-electron chi connectivity index (χ3n) is 5.53. The van der Waals surface area contributed by atoms with Crippen molar-refractivity contribution in [3.8, 4) is 5.75 Å². The molecule has 0 N–H and O–H groups in total. The summed E-state index contributed by atoms with van der Waals surface area (Å²) in [5.41, 5.74) is 3.42. The van der Waals surface area contributed by atoms with Gasteiger partial charge in [0.15, 0.2) is 0 Å². The van der Waals surface area contributed by atoms with Crippen molar-refractivity contribution in [1.29, 1.82) is 0 Å². The van der Waals surface area contributed by atoms with Gasteiger partial charge in [-0.1, -0.05) is 12.1 Å². The molecule has 0 unspecified atom stereocenters. The van der Waals surface area contributed by atoms with Crippen molar-refractivity contribution in [3.63, 3.8) is 0 Å². The third kappa shape index (κ3) is 4.43. The number of amides is 1. The molecule has 2 aromatic carbocycles. The predicted molar refractivity (Wildman–Crippen MR) is 112 cm³/mol. The first-order chi connectivity index (χ1) is 14.0. The molecule has 152 valence electrons. The molecule has 0 radical (unpaired) electrons. The monoisotopic (exact) mass is 395 g/mol. The van der Waals surface area contributed by atoms with E-state index in [1.807, 2.05) is 0 Å². The van der Waals surface area contributed by atoms with Crippen LogP contribution in [0.2, 0.25) is 0 Å². The van der Waals surface area contributed by atoms with Gasteiger partial charge >= 0.3 is 0 Å². The van der Waals surface area contributed by atoms with Crippen molar-refractivity contribution in [2.75, 3.05) is 51.8 Å². The molecule has 1 saturated heterocycles. The number of likely N-dealkylation sites (N-methyl/N-ethyl adjacent to an activating group) is 2. The van der Waals surface area contributed by atoms with E-state index in [2.05, 4.69) is 41.1 Å². The molecule has 1 amide bonds. The van der Waals surface area contributed by atoms with E-state index in [1.165, 1.54) is 17.8 Å². The van der Waals surface area contributed by atoms with Crippen molar-refractivity contribution >= 4 is 17.7 Å². The van der Waals surface area contributed by atoms with Gasteiger partial charge in [-0.05, 0) is 49.0 Å². The maximum absolute atomic E-state index is 13.5. The van der Waals surface area contributed by atoms with Crippen molar-refractivity contribution in [1.82, 2.24) is 9.80 Å². The molecule has 1 fully saturated rings. The summed E-state index contributed by atoms with van der Waals surface area (Å²) in [6.45, 7) is 4.92. The maximum atomic E-state index is 13.5. The molecule has 2 aromatic rings. The van der Waals surface area contributed by atoms with Gasteiger partial charge in [-0.3, -0.25) is 4.79 Å². The Balaban J connectivity index is 1.40. The lowest BCUT2D eigenvalue weighted by Gasteiger charge is -2.34. The lowest BCUT2D eigenvalue weighted by molar-refractivity contribution is -0.126. The van der Waals surface area contributed by atoms with E-state index in [0.717, 1.165) is 31.7 Å². The van der Waals surface area contributed by atoms with Crippen LogP contribution in [0.25, 0.3) is 6.08 Å². The van der Waals surface area contributed by atoms with Crippen molar-refractivity contribution < 1.29 is 13.9 Å². The molecule has 29 heavy (non-hydrogen) atoms. The first kappa shape index (κ1) is 19.5. The fourth-order valence-electron chi connectivity index (χ4n) is 3.74. The van der Waals surface area contributed by atoms with Gasteiger partial charge in [-0.25, -0.2) is 4.39 Å². The van der Waals surface area contributed by atoms with Crippen LogP contribution in [0.4, 0.5) is 10.1 Å². The number of carbonyl (C=O) groups excluding carboxylic acids is 1. The number of hydrogen-bond donors (Lipinski definition) is 0. The van der Waals surface area contributed by atoms with Crippen LogP contribution in [0.1, 0.15) is 11.1 Å². The lowest BCUT2D eigenvalue weighted by atomic mass is 10.1. The number of anilines is 1. The summed E-state index contributed by atoms with van der Waals surface area (Å²) in [6, 6.07) is 12.7. The minimum atomic E-state index is -0.342. The summed E-state index contributed by atoms with van der Waals surface area (Å²) < 4.78 is 19.1. The van der Waals surface area contributed by atoms with Crippen LogP contribution in [0.15, 0.2) is 48.0 Å². The normalized spacial score (nSPS) is 16.7. The Morgan fingerprint density at radius 3 is 2.55 bits per heavy atom. The van der Waals surface area contributed by atoms with Crippen LogP contribution in [0.3, 0.4) is 0 Å². The maximum Gasteiger partial charge on any atom is 0.253 e. The molecule has 5 nitrogen and oxygen atoms in total. The van der Waals surface area contributed by atoms with Crippen LogP contribution >= 0.6 is 0 Å². The van der Waals surface area contributed by atoms with E-state index in [1.54, 1.807) is 24.1 Å². The molecule has 0 bridgehead atoms. The van der Waals surface area contributed by atoms with Crippen molar-refractivity contribution in [3.05, 3.63) is 65.0 Å². The minimum absolute atomic E-state index is 0.108. The topological polar surface area (TPSA) is 36.0 Å². The van der Waals surface area contributed by atoms with Gasteiger partial charge in [0, 0.05) is 51.0 Å². The van der Waals surface area contributed by atoms with Crippen LogP contribution in [-0.4, -0.2) is 62.6 Å². The Kier molecular flexibility index (Phi) is 5.53. The highest BCUT2D eigenvalue weighted by Gasteiger charge is 2.21. The zero-order chi connectivity index (χ0) is 20.4. The fraction of sp³-hybridized carbons (Fsp3) is 0.348. The highest BCUT2D eigenvalue weighted by Crippen LogP contribution is 2.27. The highest BCUT2D eigenvalue weighted by atomic mass is 19.1. The Labute approximate surface area is 171 Å². The van der Waals surface area contributed by atoms with Crippen LogP contribution in [0, 0.1) is 5.82 Å². The zero-order valence-electron chi connectivity index (χ0n) is 16.9. The molecule has 0 saturated carbocycles. The molecule has 6 heteroatoms. The van der Waals surface area contributed by atoms with Gasteiger partial charge in [0.25, 0.3) is 5.91 Å². The molecule has 0 aromatic heterocycles. The summed E-state index contributed by atoms with van der Waals surface area (Å²) >= 11 is 0. The highest BCUT2D eigenvalue weighted by molar-refractivity contribution is 5.99. The second-order valence-electron chi connectivity index (χ2n) is 7.76. The van der Waals surface area contributed by atoms with Gasteiger partial charge in [-0.15, -0.1) is 0 Å². The lowest BCUT2D eigenvalue weighted by Crippen LogP contribution is -2.44. The third-order valence-corrected chi connectivity index (χ3v) is 5.53. The molecule has 0 aliphatic carbocycles. The van der Waals surface area contributed by atoms with E-state index in [0.29, 0.717) is 23.4 Å². The predicted octanol–water partition coefficient (Wildman–Crippen LogP) is 3.01. The van der Waals surface area contributed by atoms with Crippen LogP contribution < -0.4 is 9.64 Å². The molecule has 4 rings (SSSR count). The summed E-state index contributed by atoms with van der Waals surface area (Å²) in [5.74, 6) is 0.152. The van der Waals surface area contributed by atoms with Crippen LogP contribution in [-0.2, 0) is 11.3 Å². The average molecular weight is 395 g/mol. The number of carbonyl (C=O) groups is 1. The fourth-order valence-corrected chi connectivity index (χ4v) is 3.74. The Hall–Kier alpha value is -2.86. The van der Waals surface area contributed by atoms with Gasteiger partial charge in [0.1, 0.15) is 18.2 Å². The standard InChI is InChI=1S/C23H26FN3O2/c1-25-9-11-27(12-10-25)21-6-3-17(4-7-21)15-26(2)23(28)19-13-18-14-20(24)5-8-22(18)29-16-19/h3-8,13-14H,9-12,15-16H2,1-2H3. The zero-order valence-corrected chi connectivity index (χ0v) is 16.9. The number of piperazine rings is 1. The van der Waals surface area contributed by atoms with Gasteiger partial charge < -0.3 is 19.4 Å². The van der Waals surface area contributed by atoms with E-state index >= 15 is 0 Å². The number of nitrogens with zero attached hydrogens (tertiary/aromatic N) is 3. The van der Waals surface area contributed by atoms with Crippen molar-refractivity contribution in [2.24, 2.45) is 0 Å². The van der Waals surface area contributed by atoms with Gasteiger partial charge in [0.05, 0.1) is 5.57 Å². The number of halogens is 1.